The third-order valence-corrected chi connectivity index (χ3v) is 6.06. The molecule has 1 N–H and O–H groups in total. The molecule has 0 unspecified atom stereocenters. The molecule has 0 bridgehead atoms. The number of rotatable bonds is 6. The number of nitrogens with one attached hydrogen (secondary N) is 1. The number of ether oxygens (including phenoxy) is 1. The molecule has 0 amide bonds. The van der Waals surface area contributed by atoms with Crippen LogP contribution in [0.3, 0.4) is 0 Å². The Hall–Kier alpha value is -2.63. The first kappa shape index (κ1) is 19.1. The molecule has 7 nitrogen and oxygen atoms in total. The van der Waals surface area contributed by atoms with Crippen molar-refractivity contribution in [2.45, 2.75) is 17.7 Å². The van der Waals surface area contributed by atoms with Gasteiger partial charge in [-0.1, -0.05) is 6.07 Å². The van der Waals surface area contributed by atoms with Crippen LogP contribution in [0, 0.1) is 17.2 Å². The summed E-state index contributed by atoms with van der Waals surface area (Å²) < 4.78 is 32.8. The minimum absolute atomic E-state index is 0.180. The van der Waals surface area contributed by atoms with E-state index in [1.165, 1.54) is 19.2 Å². The van der Waals surface area contributed by atoms with Crippen LogP contribution in [0.25, 0.3) is 0 Å². The van der Waals surface area contributed by atoms with E-state index >= 15 is 0 Å². The van der Waals surface area contributed by atoms with Crippen molar-refractivity contribution < 1.29 is 13.2 Å². The largest absolute Gasteiger partial charge is 0.497 e. The molecule has 0 spiro atoms. The van der Waals surface area contributed by atoms with Crippen LogP contribution in [0.5, 0.6) is 5.75 Å². The lowest BCUT2D eigenvalue weighted by Crippen LogP contribution is -2.41. The van der Waals surface area contributed by atoms with Gasteiger partial charge in [-0.15, -0.1) is 0 Å². The number of aromatic nitrogens is 1. The second-order valence-electron chi connectivity index (χ2n) is 6.47. The van der Waals surface area contributed by atoms with E-state index in [0.29, 0.717) is 24.5 Å². The summed E-state index contributed by atoms with van der Waals surface area (Å²) in [4.78, 5) is 6.67. The molecule has 1 aliphatic rings. The Kier molecular flexibility index (Phi) is 5.94. The number of hydrogen-bond donors (Lipinski definition) is 1. The van der Waals surface area contributed by atoms with Crippen molar-refractivity contribution in [2.75, 3.05) is 31.6 Å². The van der Waals surface area contributed by atoms with Gasteiger partial charge in [0.15, 0.2) is 0 Å². The van der Waals surface area contributed by atoms with Crippen LogP contribution in [0.15, 0.2) is 47.4 Å². The Morgan fingerprint density at radius 1 is 1.30 bits per heavy atom. The number of sulfonamides is 1. The first-order valence-corrected chi connectivity index (χ1v) is 10.3. The van der Waals surface area contributed by atoms with Gasteiger partial charge in [-0.2, -0.15) is 5.26 Å². The van der Waals surface area contributed by atoms with Crippen molar-refractivity contribution in [3.8, 4) is 11.8 Å². The third-order valence-electron chi connectivity index (χ3n) is 4.62. The lowest BCUT2D eigenvalue weighted by molar-refractivity contribution is 0.409. The summed E-state index contributed by atoms with van der Waals surface area (Å²) in [6.45, 7) is 1.92. The number of nitriles is 1. The van der Waals surface area contributed by atoms with Gasteiger partial charge in [-0.25, -0.2) is 18.1 Å². The van der Waals surface area contributed by atoms with Crippen LogP contribution in [0.4, 0.5) is 5.82 Å². The smallest absolute Gasteiger partial charge is 0.240 e. The van der Waals surface area contributed by atoms with Crippen molar-refractivity contribution >= 4 is 15.8 Å². The summed E-state index contributed by atoms with van der Waals surface area (Å²) in [5.74, 6) is 1.56. The molecule has 0 saturated carbocycles. The fourth-order valence-corrected chi connectivity index (χ4v) is 4.28. The Balaban J connectivity index is 1.62. The van der Waals surface area contributed by atoms with Crippen LogP contribution in [-0.4, -0.2) is 40.1 Å². The average molecular weight is 386 g/mol. The molecule has 1 saturated heterocycles. The number of nitrogens with zero attached hydrogens (tertiary/aromatic N) is 3. The minimum Gasteiger partial charge on any atom is -0.497 e. The zero-order valence-corrected chi connectivity index (χ0v) is 15.9. The molecular weight excluding hydrogens is 364 g/mol. The van der Waals surface area contributed by atoms with Gasteiger partial charge >= 0.3 is 0 Å². The molecule has 27 heavy (non-hydrogen) atoms. The molecule has 8 heteroatoms. The van der Waals surface area contributed by atoms with Gasteiger partial charge in [0, 0.05) is 19.6 Å². The summed E-state index contributed by atoms with van der Waals surface area (Å²) in [5.41, 5.74) is 0.384. The van der Waals surface area contributed by atoms with E-state index in [0.717, 1.165) is 25.2 Å². The normalized spacial score (nSPS) is 17.3. The highest BCUT2D eigenvalue weighted by molar-refractivity contribution is 7.89. The lowest BCUT2D eigenvalue weighted by Gasteiger charge is -2.33. The van der Waals surface area contributed by atoms with Crippen LogP contribution in [0.1, 0.15) is 18.5 Å². The van der Waals surface area contributed by atoms with E-state index in [9.17, 15) is 8.42 Å². The fraction of sp³-hybridized carbons (Fsp3) is 0.368. The second kappa shape index (κ2) is 8.37. The van der Waals surface area contributed by atoms with E-state index in [2.05, 4.69) is 20.7 Å². The minimum atomic E-state index is -3.56. The summed E-state index contributed by atoms with van der Waals surface area (Å²) in [7, 11) is -2.02. The molecule has 2 aromatic rings. The van der Waals surface area contributed by atoms with Gasteiger partial charge in [-0.05, 0) is 55.2 Å². The van der Waals surface area contributed by atoms with Gasteiger partial charge in [0.2, 0.25) is 10.0 Å². The van der Waals surface area contributed by atoms with Gasteiger partial charge in [0.1, 0.15) is 23.3 Å². The molecule has 142 valence electrons. The first-order valence-electron chi connectivity index (χ1n) is 8.77. The van der Waals surface area contributed by atoms with Crippen LogP contribution >= 0.6 is 0 Å². The average Bonchev–Trinajstić information content (AvgIpc) is 2.72. The highest BCUT2D eigenvalue weighted by Crippen LogP contribution is 2.22. The summed E-state index contributed by atoms with van der Waals surface area (Å²) in [6.07, 6.45) is 1.90. The molecule has 1 fully saturated rings. The Morgan fingerprint density at radius 2 is 2.07 bits per heavy atom. The predicted molar refractivity (Wildman–Crippen MR) is 102 cm³/mol. The third kappa shape index (κ3) is 4.76. The highest BCUT2D eigenvalue weighted by Gasteiger charge is 2.23. The standard InChI is InChI=1S/C19H22N4O3S/c1-26-17-7-9-18(10-8-17)27(24,25)21-13-15-4-3-11-23(14-15)19-6-2-5-16(12-20)22-19/h2,5-10,15,21H,3-4,11,13-14H2,1H3/t15-/m1/s1. The summed E-state index contributed by atoms with van der Waals surface area (Å²) in [6, 6.07) is 13.7. The summed E-state index contributed by atoms with van der Waals surface area (Å²) >= 11 is 0. The lowest BCUT2D eigenvalue weighted by atomic mass is 9.98. The number of anilines is 1. The molecule has 0 radical (unpaired) electrons. The van der Waals surface area contributed by atoms with Gasteiger partial charge < -0.3 is 9.64 Å². The summed E-state index contributed by atoms with van der Waals surface area (Å²) in [5, 5.41) is 9.01. The number of benzene rings is 1. The molecule has 1 aliphatic heterocycles. The van der Waals surface area contributed by atoms with Crippen LogP contribution in [0.2, 0.25) is 0 Å². The van der Waals surface area contributed by atoms with E-state index in [4.69, 9.17) is 10.00 Å². The molecule has 1 atom stereocenters. The number of methoxy groups -OCH3 is 1. The number of pyridine rings is 1. The quantitative estimate of drug-likeness (QED) is 0.817. The molecule has 2 heterocycles. The van der Waals surface area contributed by atoms with Gasteiger partial charge in [-0.3, -0.25) is 0 Å². The van der Waals surface area contributed by atoms with Crippen molar-refractivity contribution in [1.29, 1.82) is 5.26 Å². The Labute approximate surface area is 159 Å². The Bertz CT molecular complexity index is 923. The molecular formula is C19H22N4O3S. The molecule has 3 rings (SSSR count). The van der Waals surface area contributed by atoms with E-state index in [1.807, 2.05) is 12.1 Å². The SMILES string of the molecule is COc1ccc(S(=O)(=O)NC[C@H]2CCCN(c3cccc(C#N)n3)C2)cc1. The number of hydrogen-bond acceptors (Lipinski definition) is 6. The zero-order chi connectivity index (χ0) is 19.3. The maximum absolute atomic E-state index is 12.5. The van der Waals surface area contributed by atoms with Gasteiger partial charge in [0.25, 0.3) is 0 Å². The van der Waals surface area contributed by atoms with Crippen molar-refractivity contribution in [1.82, 2.24) is 9.71 Å². The van der Waals surface area contributed by atoms with Crippen molar-refractivity contribution in [2.24, 2.45) is 5.92 Å². The van der Waals surface area contributed by atoms with E-state index in [-0.39, 0.29) is 10.8 Å². The zero-order valence-electron chi connectivity index (χ0n) is 15.1. The fourth-order valence-electron chi connectivity index (χ4n) is 3.17. The Morgan fingerprint density at radius 3 is 2.78 bits per heavy atom. The van der Waals surface area contributed by atoms with Crippen molar-refractivity contribution in [3.05, 3.63) is 48.2 Å². The van der Waals surface area contributed by atoms with Crippen LogP contribution in [-0.2, 0) is 10.0 Å². The number of piperidine rings is 1. The maximum atomic E-state index is 12.5. The highest BCUT2D eigenvalue weighted by atomic mass is 32.2. The topological polar surface area (TPSA) is 95.3 Å². The molecule has 0 aliphatic carbocycles. The predicted octanol–water partition coefficient (Wildman–Crippen LogP) is 2.16. The monoisotopic (exact) mass is 386 g/mol. The second-order valence-corrected chi connectivity index (χ2v) is 8.24. The molecule has 1 aromatic heterocycles. The van der Waals surface area contributed by atoms with Crippen molar-refractivity contribution in [3.63, 3.8) is 0 Å². The molecule has 1 aromatic carbocycles. The van der Waals surface area contributed by atoms with E-state index < -0.39 is 10.0 Å². The first-order chi connectivity index (χ1) is 13.0. The van der Waals surface area contributed by atoms with Crippen LogP contribution < -0.4 is 14.4 Å². The maximum Gasteiger partial charge on any atom is 0.240 e. The van der Waals surface area contributed by atoms with E-state index in [1.54, 1.807) is 18.2 Å². The van der Waals surface area contributed by atoms with Gasteiger partial charge in [0.05, 0.1) is 12.0 Å².